The Balaban J connectivity index is 1.62. The van der Waals surface area contributed by atoms with E-state index in [1.807, 2.05) is 18.2 Å². The number of nitrogens with zero attached hydrogens (tertiary/aromatic N) is 2. The second kappa shape index (κ2) is 11.5. The summed E-state index contributed by atoms with van der Waals surface area (Å²) in [6, 6.07) is 5.98. The molecule has 2 N–H and O–H groups in total. The molecule has 0 spiro atoms. The monoisotopic (exact) mass is 378 g/mol. The maximum absolute atomic E-state index is 5.76. The number of aliphatic imine (C=N–C) groups is 1. The van der Waals surface area contributed by atoms with Crippen molar-refractivity contribution in [2.45, 2.75) is 39.7 Å². The van der Waals surface area contributed by atoms with Crippen LogP contribution in [0.5, 0.6) is 17.2 Å². The van der Waals surface area contributed by atoms with Crippen molar-refractivity contribution < 1.29 is 14.2 Å². The van der Waals surface area contributed by atoms with Crippen LogP contribution in [0, 0.1) is 0 Å². The maximum Gasteiger partial charge on any atom is 0.231 e. The molecule has 0 fully saturated rings. The van der Waals surface area contributed by atoms with Crippen molar-refractivity contribution in [2.75, 3.05) is 46.6 Å². The standard InChI is InChI=1S/C20H34N4O3/c1-5-24(6-2)12-7-8-16(3)23-20(21-4)22-11-13-25-17-9-10-18-19(14-17)27-15-26-18/h9-10,14,16H,5-8,11-13,15H2,1-4H3,(H2,21,22,23). The summed E-state index contributed by atoms with van der Waals surface area (Å²) in [5.41, 5.74) is 0. The fraction of sp³-hybridized carbons (Fsp3) is 0.650. The summed E-state index contributed by atoms with van der Waals surface area (Å²) >= 11 is 0. The van der Waals surface area contributed by atoms with Gasteiger partial charge in [0.15, 0.2) is 17.5 Å². The molecule has 1 unspecified atom stereocenters. The zero-order valence-electron chi connectivity index (χ0n) is 17.1. The Morgan fingerprint density at radius 2 is 2.04 bits per heavy atom. The Morgan fingerprint density at radius 1 is 1.26 bits per heavy atom. The van der Waals surface area contributed by atoms with Gasteiger partial charge in [-0.2, -0.15) is 0 Å². The number of hydrogen-bond acceptors (Lipinski definition) is 5. The van der Waals surface area contributed by atoms with Crippen molar-refractivity contribution in [1.29, 1.82) is 0 Å². The van der Waals surface area contributed by atoms with Crippen LogP contribution in [0.15, 0.2) is 23.2 Å². The zero-order valence-corrected chi connectivity index (χ0v) is 17.1. The van der Waals surface area contributed by atoms with Crippen molar-refractivity contribution in [2.24, 2.45) is 4.99 Å². The van der Waals surface area contributed by atoms with Gasteiger partial charge in [-0.15, -0.1) is 0 Å². The van der Waals surface area contributed by atoms with E-state index in [0.29, 0.717) is 19.2 Å². The Labute approximate surface area is 163 Å². The van der Waals surface area contributed by atoms with Gasteiger partial charge in [-0.25, -0.2) is 0 Å². The molecule has 0 saturated carbocycles. The normalized spacial score (nSPS) is 14.3. The van der Waals surface area contributed by atoms with Gasteiger partial charge >= 0.3 is 0 Å². The predicted molar refractivity (Wildman–Crippen MR) is 109 cm³/mol. The molecular weight excluding hydrogens is 344 g/mol. The molecule has 0 bridgehead atoms. The molecule has 1 aromatic carbocycles. The molecule has 27 heavy (non-hydrogen) atoms. The fourth-order valence-corrected chi connectivity index (χ4v) is 2.97. The molecular formula is C20H34N4O3. The molecule has 1 aromatic rings. The van der Waals surface area contributed by atoms with Gasteiger partial charge in [-0.1, -0.05) is 13.8 Å². The van der Waals surface area contributed by atoms with E-state index in [2.05, 4.69) is 41.3 Å². The van der Waals surface area contributed by atoms with E-state index >= 15 is 0 Å². The Hall–Kier alpha value is -2.15. The van der Waals surface area contributed by atoms with Gasteiger partial charge in [0, 0.05) is 19.2 Å². The first-order valence-electron chi connectivity index (χ1n) is 9.88. The third kappa shape index (κ3) is 7.17. The zero-order chi connectivity index (χ0) is 19.5. The number of hydrogen-bond donors (Lipinski definition) is 2. The summed E-state index contributed by atoms with van der Waals surface area (Å²) in [7, 11) is 1.79. The van der Waals surface area contributed by atoms with Crippen LogP contribution in [0.1, 0.15) is 33.6 Å². The highest BCUT2D eigenvalue weighted by atomic mass is 16.7. The van der Waals surface area contributed by atoms with Crippen LogP contribution in [-0.2, 0) is 0 Å². The van der Waals surface area contributed by atoms with E-state index in [-0.39, 0.29) is 6.79 Å². The third-order valence-corrected chi connectivity index (χ3v) is 4.62. The quantitative estimate of drug-likeness (QED) is 0.350. The van der Waals surface area contributed by atoms with E-state index in [0.717, 1.165) is 49.3 Å². The van der Waals surface area contributed by atoms with Crippen LogP contribution in [0.4, 0.5) is 0 Å². The highest BCUT2D eigenvalue weighted by Gasteiger charge is 2.13. The summed E-state index contributed by atoms with van der Waals surface area (Å²) in [6.07, 6.45) is 2.30. The predicted octanol–water partition coefficient (Wildman–Crippen LogP) is 2.47. The van der Waals surface area contributed by atoms with Gasteiger partial charge in [0.05, 0.1) is 6.54 Å². The number of guanidine groups is 1. The topological polar surface area (TPSA) is 67.4 Å². The van der Waals surface area contributed by atoms with Crippen LogP contribution >= 0.6 is 0 Å². The lowest BCUT2D eigenvalue weighted by Crippen LogP contribution is -2.43. The van der Waals surface area contributed by atoms with E-state index in [1.165, 1.54) is 6.42 Å². The minimum Gasteiger partial charge on any atom is -0.492 e. The van der Waals surface area contributed by atoms with Crippen LogP contribution in [-0.4, -0.2) is 63.5 Å². The Kier molecular flexibility index (Phi) is 9.04. The van der Waals surface area contributed by atoms with Crippen molar-refractivity contribution in [3.8, 4) is 17.2 Å². The van der Waals surface area contributed by atoms with Crippen LogP contribution in [0.25, 0.3) is 0 Å². The molecule has 0 aromatic heterocycles. The van der Waals surface area contributed by atoms with Gasteiger partial charge < -0.3 is 29.7 Å². The molecule has 7 nitrogen and oxygen atoms in total. The molecule has 1 aliphatic heterocycles. The van der Waals surface area contributed by atoms with E-state index < -0.39 is 0 Å². The molecule has 2 rings (SSSR count). The molecule has 152 valence electrons. The second-order valence-corrected chi connectivity index (χ2v) is 6.58. The lowest BCUT2D eigenvalue weighted by atomic mass is 10.2. The van der Waals surface area contributed by atoms with Gasteiger partial charge in [-0.3, -0.25) is 4.99 Å². The van der Waals surface area contributed by atoms with Crippen molar-refractivity contribution in [1.82, 2.24) is 15.5 Å². The molecule has 1 heterocycles. The Bertz CT molecular complexity index is 591. The Morgan fingerprint density at radius 3 is 2.78 bits per heavy atom. The van der Waals surface area contributed by atoms with Gasteiger partial charge in [0.2, 0.25) is 6.79 Å². The average Bonchev–Trinajstić information content (AvgIpc) is 3.15. The van der Waals surface area contributed by atoms with Crippen molar-refractivity contribution in [3.05, 3.63) is 18.2 Å². The molecule has 0 radical (unpaired) electrons. The van der Waals surface area contributed by atoms with Gasteiger partial charge in [0.25, 0.3) is 0 Å². The average molecular weight is 379 g/mol. The first-order valence-corrected chi connectivity index (χ1v) is 9.88. The van der Waals surface area contributed by atoms with E-state index in [1.54, 1.807) is 7.05 Å². The van der Waals surface area contributed by atoms with Crippen molar-refractivity contribution in [3.63, 3.8) is 0 Å². The number of ether oxygens (including phenoxy) is 3. The molecule has 0 saturated heterocycles. The van der Waals surface area contributed by atoms with Crippen LogP contribution in [0.3, 0.4) is 0 Å². The maximum atomic E-state index is 5.76. The largest absolute Gasteiger partial charge is 0.492 e. The summed E-state index contributed by atoms with van der Waals surface area (Å²) in [4.78, 5) is 6.74. The minimum absolute atomic E-state index is 0.273. The molecule has 0 aliphatic carbocycles. The summed E-state index contributed by atoms with van der Waals surface area (Å²) in [5, 5.41) is 6.73. The minimum atomic E-state index is 0.273. The van der Waals surface area contributed by atoms with E-state index in [4.69, 9.17) is 14.2 Å². The second-order valence-electron chi connectivity index (χ2n) is 6.58. The highest BCUT2D eigenvalue weighted by Crippen LogP contribution is 2.34. The SMILES string of the molecule is CCN(CC)CCCC(C)NC(=NC)NCCOc1ccc2c(c1)OCO2. The van der Waals surface area contributed by atoms with Crippen molar-refractivity contribution >= 4 is 5.96 Å². The highest BCUT2D eigenvalue weighted by molar-refractivity contribution is 5.79. The van der Waals surface area contributed by atoms with Gasteiger partial charge in [0.1, 0.15) is 12.4 Å². The number of nitrogens with one attached hydrogen (secondary N) is 2. The van der Waals surface area contributed by atoms with E-state index in [9.17, 15) is 0 Å². The first kappa shape index (κ1) is 21.2. The molecule has 7 heteroatoms. The summed E-state index contributed by atoms with van der Waals surface area (Å²) in [6.45, 7) is 11.5. The number of fused-ring (bicyclic) bond motifs is 1. The molecule has 1 atom stereocenters. The van der Waals surface area contributed by atoms with Gasteiger partial charge in [-0.05, 0) is 51.5 Å². The van der Waals surface area contributed by atoms with Crippen LogP contribution in [0.2, 0.25) is 0 Å². The third-order valence-electron chi connectivity index (χ3n) is 4.62. The lowest BCUT2D eigenvalue weighted by molar-refractivity contribution is 0.173. The van der Waals surface area contributed by atoms with Crippen LogP contribution < -0.4 is 24.8 Å². The smallest absolute Gasteiger partial charge is 0.231 e. The summed E-state index contributed by atoms with van der Waals surface area (Å²) in [5.74, 6) is 3.07. The lowest BCUT2D eigenvalue weighted by Gasteiger charge is -2.21. The number of benzene rings is 1. The molecule has 0 amide bonds. The summed E-state index contributed by atoms with van der Waals surface area (Å²) < 4.78 is 16.4. The first-order chi connectivity index (χ1) is 13.2. The number of rotatable bonds is 11. The molecule has 1 aliphatic rings. The fourth-order valence-electron chi connectivity index (χ4n) is 2.97.